The molecule has 0 amide bonds. The molecular weight excluding hydrogens is 184 g/mol. The summed E-state index contributed by atoms with van der Waals surface area (Å²) in [6.07, 6.45) is 1.32. The molecule has 0 saturated carbocycles. The lowest BCUT2D eigenvalue weighted by Crippen LogP contribution is -2.37. The van der Waals surface area contributed by atoms with E-state index >= 15 is 0 Å². The van der Waals surface area contributed by atoms with E-state index in [1.807, 2.05) is 0 Å². The SMILES string of the molecule is CC(C)C(C)CNC1CCN(C(C)C)C1. The van der Waals surface area contributed by atoms with E-state index in [9.17, 15) is 0 Å². The van der Waals surface area contributed by atoms with Gasteiger partial charge in [0.2, 0.25) is 0 Å². The Morgan fingerprint density at radius 3 is 2.33 bits per heavy atom. The molecule has 1 aliphatic heterocycles. The van der Waals surface area contributed by atoms with Crippen molar-refractivity contribution < 1.29 is 0 Å². The zero-order valence-corrected chi connectivity index (χ0v) is 11.1. The summed E-state index contributed by atoms with van der Waals surface area (Å²) in [6, 6.07) is 1.44. The first-order valence-corrected chi connectivity index (χ1v) is 6.48. The average Bonchev–Trinajstić information content (AvgIpc) is 2.62. The summed E-state index contributed by atoms with van der Waals surface area (Å²) in [7, 11) is 0. The molecule has 0 spiro atoms. The molecule has 0 aromatic carbocycles. The van der Waals surface area contributed by atoms with E-state index in [1.54, 1.807) is 0 Å². The molecule has 1 rings (SSSR count). The van der Waals surface area contributed by atoms with Crippen LogP contribution in [0.2, 0.25) is 0 Å². The van der Waals surface area contributed by atoms with Crippen LogP contribution in [0.4, 0.5) is 0 Å². The highest BCUT2D eigenvalue weighted by Crippen LogP contribution is 2.14. The van der Waals surface area contributed by atoms with Gasteiger partial charge in [0.1, 0.15) is 0 Å². The number of nitrogens with zero attached hydrogens (tertiary/aromatic N) is 1. The van der Waals surface area contributed by atoms with Gasteiger partial charge in [-0.15, -0.1) is 0 Å². The van der Waals surface area contributed by atoms with Gasteiger partial charge < -0.3 is 5.32 Å². The van der Waals surface area contributed by atoms with Crippen molar-refractivity contribution >= 4 is 0 Å². The predicted octanol–water partition coefficient (Wildman–Crippen LogP) is 2.35. The highest BCUT2D eigenvalue weighted by atomic mass is 15.2. The molecule has 0 radical (unpaired) electrons. The van der Waals surface area contributed by atoms with Crippen LogP contribution in [0.5, 0.6) is 0 Å². The molecule has 0 aliphatic carbocycles. The summed E-state index contributed by atoms with van der Waals surface area (Å²) in [4.78, 5) is 2.57. The van der Waals surface area contributed by atoms with E-state index in [0.717, 1.165) is 17.9 Å². The van der Waals surface area contributed by atoms with E-state index in [1.165, 1.54) is 26.1 Å². The predicted molar refractivity (Wildman–Crippen MR) is 67.1 cm³/mol. The van der Waals surface area contributed by atoms with Gasteiger partial charge in [-0.3, -0.25) is 4.90 Å². The molecule has 2 nitrogen and oxygen atoms in total. The van der Waals surface area contributed by atoms with Crippen LogP contribution in [0.3, 0.4) is 0 Å². The quantitative estimate of drug-likeness (QED) is 0.752. The van der Waals surface area contributed by atoms with Crippen LogP contribution in [0.1, 0.15) is 41.0 Å². The lowest BCUT2D eigenvalue weighted by atomic mass is 9.98. The number of hydrogen-bond donors (Lipinski definition) is 1. The second-order valence-corrected chi connectivity index (χ2v) is 5.70. The fourth-order valence-corrected chi connectivity index (χ4v) is 2.01. The summed E-state index contributed by atoms with van der Waals surface area (Å²) >= 11 is 0. The molecule has 90 valence electrons. The van der Waals surface area contributed by atoms with Crippen molar-refractivity contribution in [2.75, 3.05) is 19.6 Å². The van der Waals surface area contributed by atoms with Gasteiger partial charge in [-0.2, -0.15) is 0 Å². The van der Waals surface area contributed by atoms with Crippen molar-refractivity contribution in [3.05, 3.63) is 0 Å². The Morgan fingerprint density at radius 2 is 1.87 bits per heavy atom. The lowest BCUT2D eigenvalue weighted by molar-refractivity contribution is 0.265. The first-order valence-electron chi connectivity index (χ1n) is 6.48. The van der Waals surface area contributed by atoms with E-state index < -0.39 is 0 Å². The zero-order chi connectivity index (χ0) is 11.4. The fourth-order valence-electron chi connectivity index (χ4n) is 2.01. The van der Waals surface area contributed by atoms with Crippen LogP contribution in [0.25, 0.3) is 0 Å². The van der Waals surface area contributed by atoms with Gasteiger partial charge in [-0.1, -0.05) is 20.8 Å². The Hall–Kier alpha value is -0.0800. The first kappa shape index (κ1) is 13.0. The number of rotatable bonds is 5. The highest BCUT2D eigenvalue weighted by Gasteiger charge is 2.24. The molecule has 2 heteroatoms. The average molecular weight is 212 g/mol. The smallest absolute Gasteiger partial charge is 0.0207 e. The Kier molecular flexibility index (Phi) is 5.07. The molecule has 2 unspecified atom stereocenters. The van der Waals surface area contributed by atoms with Crippen molar-refractivity contribution in [3.8, 4) is 0 Å². The van der Waals surface area contributed by atoms with Gasteiger partial charge in [0.25, 0.3) is 0 Å². The molecule has 2 atom stereocenters. The largest absolute Gasteiger partial charge is 0.312 e. The Balaban J connectivity index is 2.19. The Bertz CT molecular complexity index is 177. The van der Waals surface area contributed by atoms with Crippen molar-refractivity contribution in [3.63, 3.8) is 0 Å². The summed E-state index contributed by atoms with van der Waals surface area (Å²) < 4.78 is 0. The van der Waals surface area contributed by atoms with Gasteiger partial charge >= 0.3 is 0 Å². The van der Waals surface area contributed by atoms with Crippen molar-refractivity contribution in [1.82, 2.24) is 10.2 Å². The minimum absolute atomic E-state index is 0.708. The van der Waals surface area contributed by atoms with Gasteiger partial charge in [0, 0.05) is 18.6 Å². The fraction of sp³-hybridized carbons (Fsp3) is 1.00. The van der Waals surface area contributed by atoms with Crippen LogP contribution < -0.4 is 5.32 Å². The number of nitrogens with one attached hydrogen (secondary N) is 1. The van der Waals surface area contributed by atoms with Gasteiger partial charge in [0.05, 0.1) is 0 Å². The standard InChI is InChI=1S/C13H28N2/c1-10(2)12(5)8-14-13-6-7-15(9-13)11(3)4/h10-14H,6-9H2,1-5H3. The Labute approximate surface area is 95.4 Å². The van der Waals surface area contributed by atoms with Crippen LogP contribution in [-0.4, -0.2) is 36.6 Å². The minimum Gasteiger partial charge on any atom is -0.312 e. The molecule has 1 saturated heterocycles. The van der Waals surface area contributed by atoms with Crippen LogP contribution in [-0.2, 0) is 0 Å². The third kappa shape index (κ3) is 4.12. The third-order valence-electron chi connectivity index (χ3n) is 3.82. The highest BCUT2D eigenvalue weighted by molar-refractivity contribution is 4.83. The number of likely N-dealkylation sites (tertiary alicyclic amines) is 1. The van der Waals surface area contributed by atoms with Crippen LogP contribution >= 0.6 is 0 Å². The topological polar surface area (TPSA) is 15.3 Å². The summed E-state index contributed by atoms with van der Waals surface area (Å²) in [5.74, 6) is 1.58. The van der Waals surface area contributed by atoms with Crippen molar-refractivity contribution in [1.29, 1.82) is 0 Å². The summed E-state index contributed by atoms with van der Waals surface area (Å²) in [6.45, 7) is 15.2. The molecule has 1 fully saturated rings. The molecule has 15 heavy (non-hydrogen) atoms. The Morgan fingerprint density at radius 1 is 1.20 bits per heavy atom. The zero-order valence-electron chi connectivity index (χ0n) is 11.1. The molecule has 0 bridgehead atoms. The van der Waals surface area contributed by atoms with Crippen LogP contribution in [0.15, 0.2) is 0 Å². The first-order chi connectivity index (χ1) is 7.00. The second-order valence-electron chi connectivity index (χ2n) is 5.70. The lowest BCUT2D eigenvalue weighted by Gasteiger charge is -2.22. The normalized spacial score (nSPS) is 25.4. The van der Waals surface area contributed by atoms with E-state index in [-0.39, 0.29) is 0 Å². The van der Waals surface area contributed by atoms with E-state index in [0.29, 0.717) is 6.04 Å². The van der Waals surface area contributed by atoms with E-state index in [2.05, 4.69) is 44.8 Å². The molecule has 0 aromatic heterocycles. The molecule has 1 aliphatic rings. The monoisotopic (exact) mass is 212 g/mol. The van der Waals surface area contributed by atoms with Gasteiger partial charge in [-0.05, 0) is 45.2 Å². The van der Waals surface area contributed by atoms with Gasteiger partial charge in [-0.25, -0.2) is 0 Å². The molecule has 0 aromatic rings. The maximum absolute atomic E-state index is 3.71. The van der Waals surface area contributed by atoms with Crippen LogP contribution in [0, 0.1) is 11.8 Å². The maximum atomic E-state index is 3.71. The van der Waals surface area contributed by atoms with Gasteiger partial charge in [0.15, 0.2) is 0 Å². The molecular formula is C13H28N2. The van der Waals surface area contributed by atoms with Crippen molar-refractivity contribution in [2.24, 2.45) is 11.8 Å². The molecule has 1 heterocycles. The minimum atomic E-state index is 0.708. The molecule has 1 N–H and O–H groups in total. The maximum Gasteiger partial charge on any atom is 0.0207 e. The van der Waals surface area contributed by atoms with E-state index in [4.69, 9.17) is 0 Å². The number of hydrogen-bond acceptors (Lipinski definition) is 2. The summed E-state index contributed by atoms with van der Waals surface area (Å²) in [5.41, 5.74) is 0. The van der Waals surface area contributed by atoms with Crippen molar-refractivity contribution in [2.45, 2.75) is 53.1 Å². The third-order valence-corrected chi connectivity index (χ3v) is 3.82. The summed E-state index contributed by atoms with van der Waals surface area (Å²) in [5, 5.41) is 3.71. The second kappa shape index (κ2) is 5.86.